The van der Waals surface area contributed by atoms with E-state index in [1.807, 2.05) is 6.07 Å². The first-order valence-electron chi connectivity index (χ1n) is 7.74. The van der Waals surface area contributed by atoms with Gasteiger partial charge in [-0.05, 0) is 28.4 Å². The third-order valence-electron chi connectivity index (χ3n) is 4.11. The molecular weight excluding hydrogens is 446 g/mol. The smallest absolute Gasteiger partial charge is 0.246 e. The van der Waals surface area contributed by atoms with Gasteiger partial charge < -0.3 is 10.1 Å². The van der Waals surface area contributed by atoms with Crippen molar-refractivity contribution in [3.8, 4) is 0 Å². The number of sulfonamides is 1. The summed E-state index contributed by atoms with van der Waals surface area (Å²) < 4.78 is 33.0. The predicted octanol–water partition coefficient (Wildman–Crippen LogP) is 1.94. The van der Waals surface area contributed by atoms with E-state index >= 15 is 0 Å². The Labute approximate surface area is 166 Å². The topological polar surface area (TPSA) is 88.6 Å². The van der Waals surface area contributed by atoms with Crippen molar-refractivity contribution in [3.05, 3.63) is 35.1 Å². The fourth-order valence-electron chi connectivity index (χ4n) is 2.98. The number of halogens is 2. The van der Waals surface area contributed by atoms with Gasteiger partial charge in [0.2, 0.25) is 15.9 Å². The van der Waals surface area contributed by atoms with E-state index in [0.717, 1.165) is 5.39 Å². The molecule has 1 amide bonds. The number of pyridine rings is 1. The third kappa shape index (κ3) is 4.17. The molecule has 1 aromatic heterocycles. The number of amides is 1. The largest absolute Gasteiger partial charge is 0.375 e. The maximum absolute atomic E-state index is 13.1. The number of rotatable bonds is 5. The highest BCUT2D eigenvalue weighted by Crippen LogP contribution is 2.32. The molecular formula is C16H19BrClN3O4S. The molecule has 1 atom stereocenters. The molecule has 2 heterocycles. The maximum atomic E-state index is 13.1. The predicted molar refractivity (Wildman–Crippen MR) is 104 cm³/mol. The number of methoxy groups -OCH3 is 1. The van der Waals surface area contributed by atoms with Crippen LogP contribution in [0.4, 0.5) is 0 Å². The summed E-state index contributed by atoms with van der Waals surface area (Å²) in [5.41, 5.74) is 0. The van der Waals surface area contributed by atoms with Gasteiger partial charge >= 0.3 is 0 Å². The summed E-state index contributed by atoms with van der Waals surface area (Å²) in [7, 11) is -2.23. The fourth-order valence-corrected chi connectivity index (χ4v) is 5.41. The van der Waals surface area contributed by atoms with Crippen molar-refractivity contribution in [2.75, 3.05) is 26.8 Å². The zero-order chi connectivity index (χ0) is 18.0. The minimum Gasteiger partial charge on any atom is -0.375 e. The quantitative estimate of drug-likeness (QED) is 0.730. The summed E-state index contributed by atoms with van der Waals surface area (Å²) >= 11 is 3.39. The summed E-state index contributed by atoms with van der Waals surface area (Å²) in [6.45, 7) is 0.572. The lowest BCUT2D eigenvalue weighted by atomic mass is 10.2. The zero-order valence-corrected chi connectivity index (χ0v) is 17.2. The molecule has 26 heavy (non-hydrogen) atoms. The van der Waals surface area contributed by atoms with Crippen LogP contribution in [0.25, 0.3) is 10.8 Å². The molecule has 2 aromatic rings. The monoisotopic (exact) mass is 463 g/mol. The number of nitrogens with one attached hydrogen (secondary N) is 1. The molecule has 7 nitrogen and oxygen atoms in total. The summed E-state index contributed by atoms with van der Waals surface area (Å²) in [5.74, 6) is -0.245. The van der Waals surface area contributed by atoms with Gasteiger partial charge in [0.15, 0.2) is 0 Å². The lowest BCUT2D eigenvalue weighted by Crippen LogP contribution is -2.40. The van der Waals surface area contributed by atoms with E-state index in [-0.39, 0.29) is 42.4 Å². The van der Waals surface area contributed by atoms with Gasteiger partial charge in [-0.1, -0.05) is 12.1 Å². The fraction of sp³-hybridized carbons (Fsp3) is 0.375. The van der Waals surface area contributed by atoms with Crippen LogP contribution in [0.3, 0.4) is 0 Å². The van der Waals surface area contributed by atoms with Crippen LogP contribution in [0.5, 0.6) is 0 Å². The molecule has 0 aliphatic carbocycles. The van der Waals surface area contributed by atoms with Gasteiger partial charge in [-0.2, -0.15) is 4.31 Å². The molecule has 1 fully saturated rings. The van der Waals surface area contributed by atoms with Crippen molar-refractivity contribution in [3.63, 3.8) is 0 Å². The molecule has 1 N–H and O–H groups in total. The maximum Gasteiger partial charge on any atom is 0.246 e. The highest BCUT2D eigenvalue weighted by molar-refractivity contribution is 9.10. The van der Waals surface area contributed by atoms with Crippen LogP contribution in [0.15, 0.2) is 40.0 Å². The van der Waals surface area contributed by atoms with Gasteiger partial charge in [0.25, 0.3) is 0 Å². The van der Waals surface area contributed by atoms with Crippen molar-refractivity contribution in [1.82, 2.24) is 14.6 Å². The van der Waals surface area contributed by atoms with Crippen molar-refractivity contribution < 1.29 is 17.9 Å². The van der Waals surface area contributed by atoms with Gasteiger partial charge in [0.05, 0.1) is 4.90 Å². The molecule has 10 heteroatoms. The minimum atomic E-state index is -3.68. The number of hydrogen-bond donors (Lipinski definition) is 1. The van der Waals surface area contributed by atoms with Gasteiger partial charge in [0.1, 0.15) is 6.61 Å². The van der Waals surface area contributed by atoms with Gasteiger partial charge in [-0.3, -0.25) is 9.78 Å². The average Bonchev–Trinajstić information content (AvgIpc) is 3.04. The van der Waals surface area contributed by atoms with E-state index in [1.54, 1.807) is 24.5 Å². The Kier molecular flexibility index (Phi) is 6.98. The Morgan fingerprint density at radius 1 is 1.42 bits per heavy atom. The van der Waals surface area contributed by atoms with Crippen molar-refractivity contribution in [2.45, 2.75) is 17.4 Å². The Morgan fingerprint density at radius 3 is 2.92 bits per heavy atom. The van der Waals surface area contributed by atoms with E-state index < -0.39 is 10.0 Å². The van der Waals surface area contributed by atoms with Gasteiger partial charge in [-0.15, -0.1) is 12.4 Å². The van der Waals surface area contributed by atoms with Crippen LogP contribution in [0.2, 0.25) is 0 Å². The number of hydrogen-bond acceptors (Lipinski definition) is 5. The van der Waals surface area contributed by atoms with Crippen LogP contribution in [-0.2, 0) is 19.6 Å². The molecule has 1 aromatic carbocycles. The minimum absolute atomic E-state index is 0. The normalized spacial score (nSPS) is 17.8. The molecule has 0 radical (unpaired) electrons. The summed E-state index contributed by atoms with van der Waals surface area (Å²) in [5, 5.41) is 4.16. The number of aromatic nitrogens is 1. The molecule has 1 aliphatic heterocycles. The number of ether oxygens (including phenoxy) is 1. The second kappa shape index (κ2) is 8.62. The van der Waals surface area contributed by atoms with Gasteiger partial charge in [0, 0.05) is 53.9 Å². The van der Waals surface area contributed by atoms with Crippen LogP contribution < -0.4 is 5.32 Å². The molecule has 0 saturated carbocycles. The van der Waals surface area contributed by atoms with E-state index in [1.165, 1.54) is 11.4 Å². The number of carbonyl (C=O) groups excluding carboxylic acids is 1. The average molecular weight is 465 g/mol. The Morgan fingerprint density at radius 2 is 2.19 bits per heavy atom. The standard InChI is InChI=1S/C16H18BrN3O4S.ClH/c1-24-10-15(21)19-12-5-6-20(9-12)25(22,23)14-4-2-3-11-7-18-8-13(17)16(11)14;/h2-4,7-8,12H,5-6,9-10H2,1H3,(H,19,21);1H/t12-;/m0./s1. The first-order chi connectivity index (χ1) is 11.9. The second-order valence-corrected chi connectivity index (χ2v) is 8.59. The van der Waals surface area contributed by atoms with Crippen molar-refractivity contribution in [2.24, 2.45) is 0 Å². The third-order valence-corrected chi connectivity index (χ3v) is 6.62. The molecule has 1 aliphatic rings. The molecule has 0 bridgehead atoms. The summed E-state index contributed by atoms with van der Waals surface area (Å²) in [6.07, 6.45) is 3.79. The van der Waals surface area contributed by atoms with Crippen LogP contribution >= 0.6 is 28.3 Å². The number of carbonyl (C=O) groups is 1. The molecule has 0 unspecified atom stereocenters. The van der Waals surface area contributed by atoms with E-state index in [9.17, 15) is 13.2 Å². The van der Waals surface area contributed by atoms with E-state index in [2.05, 4.69) is 26.2 Å². The van der Waals surface area contributed by atoms with Crippen LogP contribution in [0.1, 0.15) is 6.42 Å². The second-order valence-electron chi connectivity index (χ2n) is 5.82. The Bertz CT molecular complexity index is 904. The SMILES string of the molecule is COCC(=O)N[C@H]1CCN(S(=O)(=O)c2cccc3cncc(Br)c23)C1.Cl. The van der Waals surface area contributed by atoms with Crippen LogP contribution in [0, 0.1) is 0 Å². The van der Waals surface area contributed by atoms with Gasteiger partial charge in [-0.25, -0.2) is 8.42 Å². The lowest BCUT2D eigenvalue weighted by Gasteiger charge is -2.18. The van der Waals surface area contributed by atoms with Crippen LogP contribution in [-0.4, -0.2) is 56.5 Å². The molecule has 0 spiro atoms. The first kappa shape index (κ1) is 21.0. The number of fused-ring (bicyclic) bond motifs is 1. The van der Waals surface area contributed by atoms with E-state index in [0.29, 0.717) is 22.8 Å². The molecule has 142 valence electrons. The van der Waals surface area contributed by atoms with E-state index in [4.69, 9.17) is 4.74 Å². The molecule has 1 saturated heterocycles. The highest BCUT2D eigenvalue weighted by Gasteiger charge is 2.34. The highest BCUT2D eigenvalue weighted by atomic mass is 79.9. The number of nitrogens with zero attached hydrogens (tertiary/aromatic N) is 2. The first-order valence-corrected chi connectivity index (χ1v) is 9.97. The van der Waals surface area contributed by atoms with Crippen molar-refractivity contribution >= 4 is 55.0 Å². The zero-order valence-electron chi connectivity index (χ0n) is 14.0. The van der Waals surface area contributed by atoms with Crippen molar-refractivity contribution in [1.29, 1.82) is 0 Å². The Hall–Kier alpha value is -1.26. The summed E-state index contributed by atoms with van der Waals surface area (Å²) in [4.78, 5) is 15.9. The lowest BCUT2D eigenvalue weighted by molar-refractivity contribution is -0.125. The Balaban J connectivity index is 0.00000243. The number of benzene rings is 1. The summed E-state index contributed by atoms with van der Waals surface area (Å²) in [6, 6.07) is 4.91. The molecule has 3 rings (SSSR count).